The molecule has 3 aromatic rings. The van der Waals surface area contributed by atoms with Crippen LogP contribution in [-0.2, 0) is 16.0 Å². The lowest BCUT2D eigenvalue weighted by Crippen LogP contribution is -2.20. The minimum atomic E-state index is -2.41. The summed E-state index contributed by atoms with van der Waals surface area (Å²) in [6.45, 7) is 0. The van der Waals surface area contributed by atoms with Gasteiger partial charge in [-0.05, 0) is 54.2 Å². The Hall–Kier alpha value is -3.23. The Morgan fingerprint density at radius 2 is 1.74 bits per heavy atom. The number of hydrogen-bond acceptors (Lipinski definition) is 5. The molecule has 1 heterocycles. The number of anilines is 2. The summed E-state index contributed by atoms with van der Waals surface area (Å²) in [6, 6.07) is 14.9. The molecule has 1 N–H and O–H groups in total. The van der Waals surface area contributed by atoms with E-state index < -0.39 is 17.2 Å². The quantitative estimate of drug-likeness (QED) is 0.336. The van der Waals surface area contributed by atoms with E-state index >= 15 is 0 Å². The number of aromatic nitrogens is 1. The fraction of sp³-hybridized carbons (Fsp3) is 0.308. The standard InChI is InChI=1S/C26H28N2O5S/c1-32-25-15-21(26(29)33-2)12-13-24(25)28(34(30)31)23-14-22(16-27-17-23)20-10-8-19(9-11-20)18-6-4-3-5-7-18/h8-18H,3-7H2,1-2H3,(H,30,31). The van der Waals surface area contributed by atoms with Gasteiger partial charge in [0, 0.05) is 11.8 Å². The van der Waals surface area contributed by atoms with Gasteiger partial charge in [-0.25, -0.2) is 13.3 Å². The van der Waals surface area contributed by atoms with Crippen molar-refractivity contribution in [2.24, 2.45) is 0 Å². The predicted octanol–water partition coefficient (Wildman–Crippen LogP) is 5.87. The lowest BCUT2D eigenvalue weighted by Gasteiger charge is -2.23. The maximum Gasteiger partial charge on any atom is 0.337 e. The molecule has 7 nitrogen and oxygen atoms in total. The van der Waals surface area contributed by atoms with Gasteiger partial charge in [-0.15, -0.1) is 0 Å². The lowest BCUT2D eigenvalue weighted by molar-refractivity contribution is 0.0600. The van der Waals surface area contributed by atoms with Crippen LogP contribution in [0.2, 0.25) is 0 Å². The molecule has 2 aromatic carbocycles. The first-order valence-electron chi connectivity index (χ1n) is 11.2. The Morgan fingerprint density at radius 1 is 1.00 bits per heavy atom. The second kappa shape index (κ2) is 10.8. The van der Waals surface area contributed by atoms with E-state index in [1.807, 2.05) is 6.07 Å². The topological polar surface area (TPSA) is 89.0 Å². The molecule has 1 unspecified atom stereocenters. The van der Waals surface area contributed by atoms with Crippen LogP contribution in [0.1, 0.15) is 53.9 Å². The van der Waals surface area contributed by atoms with E-state index in [1.165, 1.54) is 74.5 Å². The number of nitrogens with zero attached hydrogens (tertiary/aromatic N) is 2. The fourth-order valence-corrected chi connectivity index (χ4v) is 5.08. The molecule has 1 fully saturated rings. The molecule has 0 aliphatic heterocycles. The second-order valence-electron chi connectivity index (χ2n) is 8.29. The number of carbonyl (C=O) groups excluding carboxylic acids is 1. The Kier molecular flexibility index (Phi) is 7.59. The summed E-state index contributed by atoms with van der Waals surface area (Å²) in [4.78, 5) is 16.2. The normalized spacial score (nSPS) is 14.9. The van der Waals surface area contributed by atoms with E-state index in [1.54, 1.807) is 12.3 Å². The zero-order chi connectivity index (χ0) is 24.1. The van der Waals surface area contributed by atoms with Crippen molar-refractivity contribution in [1.82, 2.24) is 4.98 Å². The van der Waals surface area contributed by atoms with Gasteiger partial charge in [-0.3, -0.25) is 9.54 Å². The van der Waals surface area contributed by atoms with Crippen LogP contribution >= 0.6 is 0 Å². The van der Waals surface area contributed by atoms with Crippen LogP contribution in [0.3, 0.4) is 0 Å². The predicted molar refractivity (Wildman–Crippen MR) is 133 cm³/mol. The summed E-state index contributed by atoms with van der Waals surface area (Å²) in [6.07, 6.45) is 9.63. The van der Waals surface area contributed by atoms with Crippen molar-refractivity contribution < 1.29 is 23.0 Å². The van der Waals surface area contributed by atoms with Crippen LogP contribution in [0, 0.1) is 0 Å². The maximum atomic E-state index is 12.4. The number of hydrogen-bond donors (Lipinski definition) is 1. The molecule has 1 aromatic heterocycles. The maximum absolute atomic E-state index is 12.4. The molecule has 34 heavy (non-hydrogen) atoms. The van der Waals surface area contributed by atoms with E-state index in [0.29, 0.717) is 17.3 Å². The van der Waals surface area contributed by atoms with Gasteiger partial charge in [0.1, 0.15) is 5.75 Å². The van der Waals surface area contributed by atoms with Gasteiger partial charge in [0.05, 0.1) is 37.4 Å². The van der Waals surface area contributed by atoms with Crippen LogP contribution in [0.15, 0.2) is 60.9 Å². The van der Waals surface area contributed by atoms with E-state index in [0.717, 1.165) is 11.1 Å². The SMILES string of the molecule is COC(=O)c1ccc(N(c2cncc(-c3ccc(C4CCCCC4)cc3)c2)S(=O)O)c(OC)c1. The third kappa shape index (κ3) is 5.13. The highest BCUT2D eigenvalue weighted by Gasteiger charge is 2.22. The van der Waals surface area contributed by atoms with Gasteiger partial charge >= 0.3 is 5.97 Å². The van der Waals surface area contributed by atoms with E-state index in [9.17, 15) is 13.6 Å². The molecule has 178 valence electrons. The smallest absolute Gasteiger partial charge is 0.337 e. The second-order valence-corrected chi connectivity index (χ2v) is 9.12. The number of benzene rings is 2. The molecule has 1 atom stereocenters. The summed E-state index contributed by atoms with van der Waals surface area (Å²) < 4.78 is 33.9. The molecule has 4 rings (SSSR count). The zero-order valence-electron chi connectivity index (χ0n) is 19.3. The van der Waals surface area contributed by atoms with Gasteiger partial charge in [0.15, 0.2) is 0 Å². The molecule has 1 saturated carbocycles. The molecule has 8 heteroatoms. The Labute approximate surface area is 202 Å². The molecular weight excluding hydrogens is 452 g/mol. The average Bonchev–Trinajstić information content (AvgIpc) is 2.89. The minimum absolute atomic E-state index is 0.257. The molecule has 0 spiro atoms. The third-order valence-electron chi connectivity index (χ3n) is 6.25. The summed E-state index contributed by atoms with van der Waals surface area (Å²) in [5, 5.41) is 0. The van der Waals surface area contributed by atoms with Gasteiger partial charge in [-0.2, -0.15) is 0 Å². The number of carbonyl (C=O) groups is 1. The van der Waals surface area contributed by atoms with Crippen LogP contribution in [-0.4, -0.2) is 33.9 Å². The first-order valence-corrected chi connectivity index (χ1v) is 12.3. The van der Waals surface area contributed by atoms with Crippen LogP contribution in [0.4, 0.5) is 11.4 Å². The van der Waals surface area contributed by atoms with Gasteiger partial charge < -0.3 is 9.47 Å². The van der Waals surface area contributed by atoms with Gasteiger partial charge in [0.25, 0.3) is 11.3 Å². The van der Waals surface area contributed by atoms with Crippen molar-refractivity contribution >= 4 is 28.6 Å². The van der Waals surface area contributed by atoms with Crippen LogP contribution in [0.25, 0.3) is 11.1 Å². The molecule has 0 bridgehead atoms. The van der Waals surface area contributed by atoms with Crippen molar-refractivity contribution in [3.05, 3.63) is 72.1 Å². The van der Waals surface area contributed by atoms with E-state index in [2.05, 4.69) is 29.2 Å². The van der Waals surface area contributed by atoms with E-state index in [4.69, 9.17) is 9.47 Å². The van der Waals surface area contributed by atoms with Gasteiger partial charge in [0.2, 0.25) is 0 Å². The minimum Gasteiger partial charge on any atom is -0.495 e. The Balaban J connectivity index is 1.66. The molecule has 0 saturated heterocycles. The van der Waals surface area contributed by atoms with Crippen molar-refractivity contribution in [2.45, 2.75) is 38.0 Å². The Bertz CT molecular complexity index is 1180. The molecule has 0 amide bonds. The number of ether oxygens (including phenoxy) is 2. The number of rotatable bonds is 7. The highest BCUT2D eigenvalue weighted by Crippen LogP contribution is 2.37. The monoisotopic (exact) mass is 480 g/mol. The fourth-order valence-electron chi connectivity index (χ4n) is 4.48. The van der Waals surface area contributed by atoms with Crippen molar-refractivity contribution in [1.29, 1.82) is 0 Å². The molecular formula is C26H28N2O5S. The summed E-state index contributed by atoms with van der Waals surface area (Å²) in [5.74, 6) is 0.356. The van der Waals surface area contributed by atoms with Crippen molar-refractivity contribution in [3.8, 4) is 16.9 Å². The number of pyridine rings is 1. The first kappa shape index (κ1) is 23.9. The average molecular weight is 481 g/mol. The largest absolute Gasteiger partial charge is 0.495 e. The highest BCUT2D eigenvalue weighted by atomic mass is 32.2. The zero-order valence-corrected chi connectivity index (χ0v) is 20.1. The lowest BCUT2D eigenvalue weighted by atomic mass is 9.84. The highest BCUT2D eigenvalue weighted by molar-refractivity contribution is 7.81. The van der Waals surface area contributed by atoms with Crippen LogP contribution in [0.5, 0.6) is 5.75 Å². The van der Waals surface area contributed by atoms with Crippen molar-refractivity contribution in [2.75, 3.05) is 18.5 Å². The number of methoxy groups -OCH3 is 2. The van der Waals surface area contributed by atoms with Gasteiger partial charge in [-0.1, -0.05) is 43.5 Å². The Morgan fingerprint density at radius 3 is 2.38 bits per heavy atom. The molecule has 1 aliphatic rings. The summed E-state index contributed by atoms with van der Waals surface area (Å²) >= 11 is -2.41. The third-order valence-corrected chi connectivity index (χ3v) is 6.97. The molecule has 1 aliphatic carbocycles. The van der Waals surface area contributed by atoms with E-state index in [-0.39, 0.29) is 11.3 Å². The summed E-state index contributed by atoms with van der Waals surface area (Å²) in [7, 11) is 2.72. The summed E-state index contributed by atoms with van der Waals surface area (Å²) in [5.41, 5.74) is 4.18. The van der Waals surface area contributed by atoms with Crippen LogP contribution < -0.4 is 9.04 Å². The number of esters is 1. The molecule has 0 radical (unpaired) electrons. The first-order chi connectivity index (χ1) is 16.5. The van der Waals surface area contributed by atoms with Crippen molar-refractivity contribution in [3.63, 3.8) is 0 Å².